The van der Waals surface area contributed by atoms with Gasteiger partial charge in [0.05, 0.1) is 0 Å². The number of hydrogen-bond acceptors (Lipinski definition) is 4. The van der Waals surface area contributed by atoms with Crippen LogP contribution in [0.15, 0.2) is 0 Å². The lowest BCUT2D eigenvalue weighted by Gasteiger charge is -2.13. The number of carbonyl (C=O) groups excluding carboxylic acids is 2. The normalized spacial score (nSPS) is 9.85. The predicted molar refractivity (Wildman–Crippen MR) is 111 cm³/mol. The summed E-state index contributed by atoms with van der Waals surface area (Å²) >= 11 is 0. The zero-order chi connectivity index (χ0) is 21.4. The predicted octanol–water partition coefficient (Wildman–Crippen LogP) is 4.17. The molecule has 0 rings (SSSR count). The van der Waals surface area contributed by atoms with Gasteiger partial charge < -0.3 is 20.5 Å². The van der Waals surface area contributed by atoms with Crippen LogP contribution in [0.3, 0.4) is 0 Å². The average molecular weight is 377 g/mol. The van der Waals surface area contributed by atoms with Gasteiger partial charge >= 0.3 is 5.97 Å². The van der Waals surface area contributed by atoms with E-state index in [0.717, 1.165) is 25.8 Å². The summed E-state index contributed by atoms with van der Waals surface area (Å²) in [6.45, 7) is 14.6. The Kier molecular flexibility index (Phi) is 35.2. The van der Waals surface area contributed by atoms with Crippen molar-refractivity contribution in [3.8, 4) is 0 Å². The molecule has 0 aliphatic carbocycles. The molecule has 6 heteroatoms. The summed E-state index contributed by atoms with van der Waals surface area (Å²) in [7, 11) is 1.87. The zero-order valence-electron chi connectivity index (χ0n) is 18.4. The van der Waals surface area contributed by atoms with E-state index >= 15 is 0 Å². The summed E-state index contributed by atoms with van der Waals surface area (Å²) in [5.74, 6) is -1.43. The number of hydrogen-bond donors (Lipinski definition) is 3. The Balaban J connectivity index is -0.000000302. The van der Waals surface area contributed by atoms with E-state index in [1.54, 1.807) is 0 Å². The van der Waals surface area contributed by atoms with E-state index in [4.69, 9.17) is 5.11 Å². The van der Waals surface area contributed by atoms with Crippen molar-refractivity contribution in [1.82, 2.24) is 10.6 Å². The second-order valence-electron chi connectivity index (χ2n) is 5.32. The first kappa shape index (κ1) is 32.3. The molecule has 0 aromatic rings. The molecule has 0 aromatic carbocycles. The largest absolute Gasteiger partial charge is 0.480 e. The number of carboxylic acid groups (broad SMARTS) is 1. The molecule has 0 radical (unpaired) electrons. The van der Waals surface area contributed by atoms with Gasteiger partial charge in [0.25, 0.3) is 0 Å². The van der Waals surface area contributed by atoms with Gasteiger partial charge in [0, 0.05) is 12.8 Å². The standard InChI is InChI=1S/C13H24N2O4.C3H8.2C2H6/c1-10(16)7-8-11(13(18)19)15-12(17)6-4-3-5-9-14-2;1-3-2;2*1-2/h11,14H,3-9H2,1-2H3,(H,15,17)(H,18,19);3H2,1-2H3;2*1-2H3. The van der Waals surface area contributed by atoms with E-state index in [0.29, 0.717) is 6.42 Å². The van der Waals surface area contributed by atoms with Gasteiger partial charge in [-0.15, -0.1) is 0 Å². The van der Waals surface area contributed by atoms with Gasteiger partial charge in [-0.2, -0.15) is 0 Å². The van der Waals surface area contributed by atoms with E-state index in [-0.39, 0.29) is 24.5 Å². The van der Waals surface area contributed by atoms with Gasteiger partial charge in [0.15, 0.2) is 0 Å². The van der Waals surface area contributed by atoms with Crippen molar-refractivity contribution in [2.24, 2.45) is 0 Å². The highest BCUT2D eigenvalue weighted by Crippen LogP contribution is 2.02. The highest BCUT2D eigenvalue weighted by molar-refractivity contribution is 5.84. The number of Topliss-reactive ketones (excluding diaryl/α,β-unsaturated/α-hetero) is 1. The quantitative estimate of drug-likeness (QED) is 0.470. The second kappa shape index (κ2) is 28.4. The first-order valence-electron chi connectivity index (χ1n) is 10.0. The summed E-state index contributed by atoms with van der Waals surface area (Å²) in [6, 6.07) is -0.964. The van der Waals surface area contributed by atoms with Crippen LogP contribution in [0.25, 0.3) is 0 Å². The third kappa shape index (κ3) is 30.5. The fraction of sp³-hybridized carbons (Fsp3) is 0.850. The van der Waals surface area contributed by atoms with Crippen LogP contribution in [-0.2, 0) is 14.4 Å². The topological polar surface area (TPSA) is 95.5 Å². The SMILES string of the molecule is CC.CC.CCC.CNCCCCCC(=O)NC(CCC(C)=O)C(=O)O. The molecule has 0 bridgehead atoms. The Bertz CT molecular complexity index is 321. The van der Waals surface area contributed by atoms with Crippen molar-refractivity contribution in [3.05, 3.63) is 0 Å². The van der Waals surface area contributed by atoms with Crippen LogP contribution in [0, 0.1) is 0 Å². The van der Waals surface area contributed by atoms with Gasteiger partial charge in [-0.3, -0.25) is 4.79 Å². The molecule has 0 saturated carbocycles. The number of carbonyl (C=O) groups is 3. The van der Waals surface area contributed by atoms with Crippen LogP contribution < -0.4 is 10.6 Å². The minimum atomic E-state index is -1.09. The first-order chi connectivity index (χ1) is 12.4. The molecule has 26 heavy (non-hydrogen) atoms. The average Bonchev–Trinajstić information content (AvgIpc) is 2.62. The zero-order valence-corrected chi connectivity index (χ0v) is 18.4. The molecule has 0 aromatic heterocycles. The maximum Gasteiger partial charge on any atom is 0.326 e. The van der Waals surface area contributed by atoms with Crippen molar-refractivity contribution in [1.29, 1.82) is 0 Å². The number of ketones is 1. The first-order valence-corrected chi connectivity index (χ1v) is 10.0. The summed E-state index contributed by atoms with van der Waals surface area (Å²) in [5.41, 5.74) is 0. The van der Waals surface area contributed by atoms with E-state index in [2.05, 4.69) is 24.5 Å². The van der Waals surface area contributed by atoms with Gasteiger partial charge in [-0.1, -0.05) is 54.4 Å². The van der Waals surface area contributed by atoms with Gasteiger partial charge in [-0.25, -0.2) is 4.79 Å². The van der Waals surface area contributed by atoms with Crippen molar-refractivity contribution in [2.75, 3.05) is 13.6 Å². The van der Waals surface area contributed by atoms with Crippen LogP contribution in [0.5, 0.6) is 0 Å². The molecule has 0 aliphatic rings. The Labute approximate surface area is 161 Å². The Morgan fingerprint density at radius 3 is 1.81 bits per heavy atom. The number of rotatable bonds is 11. The third-order valence-corrected chi connectivity index (χ3v) is 2.75. The Morgan fingerprint density at radius 2 is 1.42 bits per heavy atom. The highest BCUT2D eigenvalue weighted by atomic mass is 16.4. The van der Waals surface area contributed by atoms with Crippen LogP contribution >= 0.6 is 0 Å². The molecule has 0 heterocycles. The van der Waals surface area contributed by atoms with E-state index < -0.39 is 12.0 Å². The molecule has 3 N–H and O–H groups in total. The maximum absolute atomic E-state index is 11.6. The molecule has 6 nitrogen and oxygen atoms in total. The Morgan fingerprint density at radius 1 is 0.923 bits per heavy atom. The fourth-order valence-corrected chi connectivity index (χ4v) is 1.64. The lowest BCUT2D eigenvalue weighted by Crippen LogP contribution is -2.40. The van der Waals surface area contributed by atoms with Gasteiger partial charge in [0.2, 0.25) is 5.91 Å². The number of amides is 1. The molecular weight excluding hydrogens is 332 g/mol. The summed E-state index contributed by atoms with van der Waals surface area (Å²) in [6.07, 6.45) is 4.56. The van der Waals surface area contributed by atoms with Crippen LogP contribution in [0.2, 0.25) is 0 Å². The molecule has 1 atom stereocenters. The maximum atomic E-state index is 11.6. The summed E-state index contributed by atoms with van der Waals surface area (Å²) < 4.78 is 0. The molecule has 0 saturated heterocycles. The van der Waals surface area contributed by atoms with Crippen LogP contribution in [0.1, 0.15) is 93.4 Å². The van der Waals surface area contributed by atoms with Crippen molar-refractivity contribution >= 4 is 17.7 Å². The van der Waals surface area contributed by atoms with E-state index in [1.807, 2.05) is 34.7 Å². The molecule has 0 spiro atoms. The van der Waals surface area contributed by atoms with Crippen LogP contribution in [0.4, 0.5) is 0 Å². The van der Waals surface area contributed by atoms with Crippen molar-refractivity contribution in [2.45, 2.75) is 99.5 Å². The van der Waals surface area contributed by atoms with Crippen LogP contribution in [-0.4, -0.2) is 42.4 Å². The van der Waals surface area contributed by atoms with Gasteiger partial charge in [0.1, 0.15) is 11.8 Å². The van der Waals surface area contributed by atoms with Crippen molar-refractivity contribution in [3.63, 3.8) is 0 Å². The minimum Gasteiger partial charge on any atom is -0.480 e. The fourth-order valence-electron chi connectivity index (χ4n) is 1.64. The van der Waals surface area contributed by atoms with E-state index in [1.165, 1.54) is 13.3 Å². The lowest BCUT2D eigenvalue weighted by molar-refractivity contribution is -0.142. The minimum absolute atomic E-state index is 0.0763. The molecule has 1 unspecified atom stereocenters. The lowest BCUT2D eigenvalue weighted by atomic mass is 10.1. The Hall–Kier alpha value is -1.43. The smallest absolute Gasteiger partial charge is 0.326 e. The number of unbranched alkanes of at least 4 members (excludes halogenated alkanes) is 2. The third-order valence-electron chi connectivity index (χ3n) is 2.75. The molecule has 1 amide bonds. The number of carboxylic acids is 1. The van der Waals surface area contributed by atoms with Crippen molar-refractivity contribution < 1.29 is 19.5 Å². The molecule has 0 fully saturated rings. The number of aliphatic carboxylic acids is 1. The van der Waals surface area contributed by atoms with Gasteiger partial charge in [-0.05, 0) is 39.8 Å². The summed E-state index contributed by atoms with van der Waals surface area (Å²) in [5, 5.41) is 14.4. The highest BCUT2D eigenvalue weighted by Gasteiger charge is 2.19. The monoisotopic (exact) mass is 376 g/mol. The summed E-state index contributed by atoms with van der Waals surface area (Å²) in [4.78, 5) is 33.3. The second-order valence-corrected chi connectivity index (χ2v) is 5.32. The van der Waals surface area contributed by atoms with E-state index in [9.17, 15) is 14.4 Å². The molecule has 0 aliphatic heterocycles. The molecule has 158 valence electrons. The molecular formula is C20H44N2O4. The number of nitrogens with one attached hydrogen (secondary N) is 2.